The first-order chi connectivity index (χ1) is 18.0. The monoisotopic (exact) mass is 525 g/mol. The molecular formula is C26H31N5O5S. The van der Waals surface area contributed by atoms with Gasteiger partial charge in [-0.05, 0) is 36.8 Å². The van der Waals surface area contributed by atoms with Crippen molar-refractivity contribution < 1.29 is 24.1 Å². The van der Waals surface area contributed by atoms with Crippen molar-refractivity contribution in [1.82, 2.24) is 19.5 Å². The molecule has 1 aliphatic heterocycles. The standard InChI is InChI=1S/C26H31N5O5S/c1-16-27-26-31(28-16)23(25(32)37-26)22(17-14-20(34-3)24(36-5)21(15-17)35-4)30-12-10-29(11-13-30)18-8-6-7-9-19(18)33-2/h6-9,14-15,22,32H,10-13H2,1-5H3. The number of rotatable bonds is 8. The van der Waals surface area contributed by atoms with Crippen molar-refractivity contribution in [2.45, 2.75) is 13.0 Å². The van der Waals surface area contributed by atoms with E-state index in [0.29, 0.717) is 33.7 Å². The van der Waals surface area contributed by atoms with Crippen molar-refractivity contribution >= 4 is 22.0 Å². The van der Waals surface area contributed by atoms with Crippen LogP contribution in [0.25, 0.3) is 4.96 Å². The Balaban J connectivity index is 1.58. The molecule has 1 saturated heterocycles. The van der Waals surface area contributed by atoms with Crippen molar-refractivity contribution in [3.63, 3.8) is 0 Å². The van der Waals surface area contributed by atoms with Gasteiger partial charge in [-0.2, -0.15) is 5.10 Å². The lowest BCUT2D eigenvalue weighted by atomic mass is 9.99. The highest BCUT2D eigenvalue weighted by Gasteiger charge is 2.34. The van der Waals surface area contributed by atoms with E-state index in [-0.39, 0.29) is 11.1 Å². The fraction of sp³-hybridized carbons (Fsp3) is 0.385. The molecule has 4 aromatic rings. The van der Waals surface area contributed by atoms with Gasteiger partial charge < -0.3 is 29.0 Å². The van der Waals surface area contributed by atoms with E-state index in [4.69, 9.17) is 18.9 Å². The molecule has 0 aliphatic carbocycles. The summed E-state index contributed by atoms with van der Waals surface area (Å²) in [4.78, 5) is 9.79. The number of hydrogen-bond donors (Lipinski definition) is 1. The highest BCUT2D eigenvalue weighted by Crippen LogP contribution is 2.45. The van der Waals surface area contributed by atoms with Crippen LogP contribution in [-0.4, -0.2) is 79.2 Å². The van der Waals surface area contributed by atoms with E-state index < -0.39 is 0 Å². The number of aryl methyl sites for hydroxylation is 1. The van der Waals surface area contributed by atoms with Crippen LogP contribution in [0, 0.1) is 6.92 Å². The van der Waals surface area contributed by atoms with E-state index in [2.05, 4.69) is 25.9 Å². The van der Waals surface area contributed by atoms with Crippen LogP contribution in [-0.2, 0) is 0 Å². The normalized spacial score (nSPS) is 15.1. The Labute approximate surface area is 219 Å². The minimum Gasteiger partial charge on any atom is -0.498 e. The number of piperazine rings is 1. The molecule has 5 rings (SSSR count). The molecule has 1 N–H and O–H groups in total. The summed E-state index contributed by atoms with van der Waals surface area (Å²) in [7, 11) is 6.48. The van der Waals surface area contributed by atoms with E-state index in [1.165, 1.54) is 11.3 Å². The fourth-order valence-electron chi connectivity index (χ4n) is 4.99. The van der Waals surface area contributed by atoms with Crippen LogP contribution in [0.1, 0.15) is 23.1 Å². The summed E-state index contributed by atoms with van der Waals surface area (Å²) >= 11 is 1.22. The maximum atomic E-state index is 11.1. The number of anilines is 1. The smallest absolute Gasteiger partial charge is 0.215 e. The van der Waals surface area contributed by atoms with Crippen LogP contribution >= 0.6 is 11.3 Å². The van der Waals surface area contributed by atoms with Gasteiger partial charge in [0.2, 0.25) is 10.7 Å². The Morgan fingerprint density at radius 1 is 0.892 bits per heavy atom. The predicted octanol–water partition coefficient (Wildman–Crippen LogP) is 3.75. The molecule has 0 radical (unpaired) electrons. The topological polar surface area (TPSA) is 93.8 Å². The Morgan fingerprint density at radius 3 is 2.16 bits per heavy atom. The average molecular weight is 526 g/mol. The third kappa shape index (κ3) is 4.49. The minimum absolute atomic E-state index is 0.181. The van der Waals surface area contributed by atoms with Gasteiger partial charge in [0.05, 0.1) is 40.2 Å². The SMILES string of the molecule is COc1ccccc1N1CCN(C(c2cc(OC)c(OC)c(OC)c2)c2c(O)sc3nc(C)nn23)CC1. The van der Waals surface area contributed by atoms with Gasteiger partial charge in [0.1, 0.15) is 17.3 Å². The summed E-state index contributed by atoms with van der Waals surface area (Å²) in [5.41, 5.74) is 2.63. The van der Waals surface area contributed by atoms with Crippen LogP contribution in [0.4, 0.5) is 5.69 Å². The Kier molecular flexibility index (Phi) is 6.98. The molecule has 0 amide bonds. The van der Waals surface area contributed by atoms with Crippen LogP contribution in [0.5, 0.6) is 28.1 Å². The zero-order valence-corrected chi connectivity index (χ0v) is 22.4. The molecule has 196 valence electrons. The number of aromatic hydroxyl groups is 1. The van der Waals surface area contributed by atoms with Crippen LogP contribution in [0.15, 0.2) is 36.4 Å². The first-order valence-corrected chi connectivity index (χ1v) is 12.8. The number of hydrogen-bond acceptors (Lipinski definition) is 10. The number of benzene rings is 2. The first kappa shape index (κ1) is 25.0. The quantitative estimate of drug-likeness (QED) is 0.369. The van der Waals surface area contributed by atoms with Crippen LogP contribution in [0.2, 0.25) is 0 Å². The van der Waals surface area contributed by atoms with E-state index >= 15 is 0 Å². The molecule has 0 bridgehead atoms. The summed E-state index contributed by atoms with van der Waals surface area (Å²) in [6, 6.07) is 11.6. The molecular weight excluding hydrogens is 494 g/mol. The van der Waals surface area contributed by atoms with Crippen LogP contribution in [0.3, 0.4) is 0 Å². The number of thiazole rings is 1. The van der Waals surface area contributed by atoms with Gasteiger partial charge in [-0.3, -0.25) is 4.90 Å². The summed E-state index contributed by atoms with van der Waals surface area (Å²) in [6.45, 7) is 4.89. The highest BCUT2D eigenvalue weighted by atomic mass is 32.1. The molecule has 1 atom stereocenters. The fourth-order valence-corrected chi connectivity index (χ4v) is 5.87. The number of methoxy groups -OCH3 is 4. The Hall–Kier alpha value is -3.70. The molecule has 1 fully saturated rings. The summed E-state index contributed by atoms with van der Waals surface area (Å²) < 4.78 is 24.2. The maximum Gasteiger partial charge on any atom is 0.215 e. The number of aromatic nitrogens is 3. The molecule has 37 heavy (non-hydrogen) atoms. The van der Waals surface area contributed by atoms with Gasteiger partial charge >= 0.3 is 0 Å². The lowest BCUT2D eigenvalue weighted by molar-refractivity contribution is 0.203. The average Bonchev–Trinajstić information content (AvgIpc) is 3.43. The van der Waals surface area contributed by atoms with Gasteiger partial charge in [-0.25, -0.2) is 9.50 Å². The summed E-state index contributed by atoms with van der Waals surface area (Å²) in [5, 5.41) is 15.9. The van der Waals surface area contributed by atoms with Gasteiger partial charge in [-0.1, -0.05) is 23.5 Å². The second-order valence-corrected chi connectivity index (χ2v) is 9.66. The Bertz CT molecular complexity index is 1370. The van der Waals surface area contributed by atoms with E-state index in [9.17, 15) is 5.11 Å². The van der Waals surface area contributed by atoms with Crippen LogP contribution < -0.4 is 23.8 Å². The molecule has 2 aromatic carbocycles. The molecule has 1 unspecified atom stereocenters. The number of nitrogens with zero attached hydrogens (tertiary/aromatic N) is 5. The lowest BCUT2D eigenvalue weighted by Crippen LogP contribution is -2.48. The van der Waals surface area contributed by atoms with E-state index in [1.807, 2.05) is 37.3 Å². The summed E-state index contributed by atoms with van der Waals surface area (Å²) in [5.74, 6) is 3.12. The second-order valence-electron chi connectivity index (χ2n) is 8.70. The lowest BCUT2D eigenvalue weighted by Gasteiger charge is -2.40. The molecule has 2 aromatic heterocycles. The molecule has 0 saturated carbocycles. The number of para-hydroxylation sites is 2. The van der Waals surface area contributed by atoms with E-state index in [1.54, 1.807) is 33.0 Å². The van der Waals surface area contributed by atoms with Gasteiger partial charge in [-0.15, -0.1) is 0 Å². The molecule has 1 aliphatic rings. The van der Waals surface area contributed by atoms with Crippen molar-refractivity contribution in [1.29, 1.82) is 0 Å². The second kappa shape index (κ2) is 10.3. The van der Waals surface area contributed by atoms with E-state index in [0.717, 1.165) is 43.2 Å². The highest BCUT2D eigenvalue weighted by molar-refractivity contribution is 7.18. The molecule has 3 heterocycles. The zero-order valence-electron chi connectivity index (χ0n) is 21.6. The van der Waals surface area contributed by atoms with Crippen molar-refractivity contribution in [3.05, 3.63) is 53.5 Å². The molecule has 10 nitrogen and oxygen atoms in total. The van der Waals surface area contributed by atoms with Gasteiger partial charge in [0.25, 0.3) is 0 Å². The number of fused-ring (bicyclic) bond motifs is 1. The molecule has 0 spiro atoms. The molecule has 11 heteroatoms. The minimum atomic E-state index is -0.330. The van der Waals surface area contributed by atoms with Crippen molar-refractivity contribution in [3.8, 4) is 28.1 Å². The van der Waals surface area contributed by atoms with Gasteiger partial charge in [0.15, 0.2) is 16.6 Å². The predicted molar refractivity (Wildman–Crippen MR) is 142 cm³/mol. The zero-order chi connectivity index (χ0) is 26.1. The summed E-state index contributed by atoms with van der Waals surface area (Å²) in [6.07, 6.45) is 0. The largest absolute Gasteiger partial charge is 0.498 e. The Morgan fingerprint density at radius 2 is 1.54 bits per heavy atom. The first-order valence-electron chi connectivity index (χ1n) is 12.0. The third-order valence-corrected chi connectivity index (χ3v) is 7.53. The maximum absolute atomic E-state index is 11.1. The number of ether oxygens (including phenoxy) is 4. The van der Waals surface area contributed by atoms with Crippen molar-refractivity contribution in [2.24, 2.45) is 0 Å². The van der Waals surface area contributed by atoms with Crippen molar-refractivity contribution in [2.75, 3.05) is 59.5 Å². The third-order valence-electron chi connectivity index (χ3n) is 6.69. The van der Waals surface area contributed by atoms with Gasteiger partial charge in [0, 0.05) is 26.2 Å².